The first-order chi connectivity index (χ1) is 7.27. The van der Waals surface area contributed by atoms with Gasteiger partial charge in [-0.2, -0.15) is 0 Å². The van der Waals surface area contributed by atoms with Crippen LogP contribution in [0.15, 0.2) is 18.7 Å². The average Bonchev–Trinajstić information content (AvgIpc) is 2.29. The number of nitrogens with zero attached hydrogens (tertiary/aromatic N) is 3. The molecule has 1 aromatic heterocycles. The number of hydrogen-bond donors (Lipinski definition) is 1. The Morgan fingerprint density at radius 3 is 2.87 bits per heavy atom. The van der Waals surface area contributed by atoms with Crippen LogP contribution >= 0.6 is 0 Å². The first-order valence-electron chi connectivity index (χ1n) is 5.07. The third-order valence-corrected chi connectivity index (χ3v) is 2.55. The Bertz CT molecular complexity index is 341. The van der Waals surface area contributed by atoms with E-state index in [-0.39, 0.29) is 11.9 Å². The zero-order valence-corrected chi connectivity index (χ0v) is 8.47. The molecule has 80 valence electrons. The number of aromatic nitrogens is 2. The molecular weight excluding hydrogens is 192 g/mol. The van der Waals surface area contributed by atoms with E-state index in [1.54, 1.807) is 4.90 Å². The van der Waals surface area contributed by atoms with E-state index in [1.165, 1.54) is 18.7 Å². The number of amides is 1. The quantitative estimate of drug-likeness (QED) is 0.704. The smallest absolute Gasteiger partial charge is 0.257 e. The summed E-state index contributed by atoms with van der Waals surface area (Å²) < 4.78 is 0. The Balaban J connectivity index is 2.08. The number of carbonyl (C=O) groups is 1. The second-order valence-corrected chi connectivity index (χ2v) is 3.78. The minimum absolute atomic E-state index is 0.0225. The SMILES string of the molecule is N[C@@H]1CCCN(C(=O)c2cncnc2)C1. The van der Waals surface area contributed by atoms with Crippen molar-refractivity contribution < 1.29 is 4.79 Å². The van der Waals surface area contributed by atoms with Gasteiger partial charge in [0.1, 0.15) is 6.33 Å². The molecule has 1 aromatic rings. The molecule has 5 heteroatoms. The zero-order valence-electron chi connectivity index (χ0n) is 8.47. The van der Waals surface area contributed by atoms with Crippen LogP contribution in [-0.2, 0) is 0 Å². The summed E-state index contributed by atoms with van der Waals surface area (Å²) in [6.07, 6.45) is 6.46. The van der Waals surface area contributed by atoms with Gasteiger partial charge in [-0.25, -0.2) is 9.97 Å². The van der Waals surface area contributed by atoms with Gasteiger partial charge in [0.05, 0.1) is 5.56 Å². The van der Waals surface area contributed by atoms with Gasteiger partial charge in [0.15, 0.2) is 0 Å². The maximum atomic E-state index is 11.9. The molecule has 1 amide bonds. The van der Waals surface area contributed by atoms with Crippen LogP contribution in [0.3, 0.4) is 0 Å². The van der Waals surface area contributed by atoms with Crippen LogP contribution in [0.25, 0.3) is 0 Å². The molecule has 0 unspecified atom stereocenters. The molecule has 5 nitrogen and oxygen atoms in total. The number of rotatable bonds is 1. The fraction of sp³-hybridized carbons (Fsp3) is 0.500. The van der Waals surface area contributed by atoms with Gasteiger partial charge in [-0.3, -0.25) is 4.79 Å². The summed E-state index contributed by atoms with van der Waals surface area (Å²) in [6.45, 7) is 1.41. The van der Waals surface area contributed by atoms with E-state index in [4.69, 9.17) is 5.73 Å². The highest BCUT2D eigenvalue weighted by Crippen LogP contribution is 2.11. The van der Waals surface area contributed by atoms with E-state index in [0.29, 0.717) is 12.1 Å². The van der Waals surface area contributed by atoms with Crippen molar-refractivity contribution in [3.63, 3.8) is 0 Å². The fourth-order valence-corrected chi connectivity index (χ4v) is 1.79. The lowest BCUT2D eigenvalue weighted by Crippen LogP contribution is -2.45. The van der Waals surface area contributed by atoms with Crippen molar-refractivity contribution in [3.8, 4) is 0 Å². The summed E-state index contributed by atoms with van der Waals surface area (Å²) in [5, 5.41) is 0. The lowest BCUT2D eigenvalue weighted by atomic mass is 10.1. The number of carbonyl (C=O) groups excluding carboxylic acids is 1. The van der Waals surface area contributed by atoms with Crippen molar-refractivity contribution in [2.24, 2.45) is 5.73 Å². The van der Waals surface area contributed by atoms with Gasteiger partial charge in [-0.1, -0.05) is 0 Å². The molecule has 1 fully saturated rings. The minimum atomic E-state index is -0.0225. The van der Waals surface area contributed by atoms with Gasteiger partial charge < -0.3 is 10.6 Å². The molecule has 2 heterocycles. The molecule has 2 N–H and O–H groups in total. The molecule has 2 rings (SSSR count). The number of hydrogen-bond acceptors (Lipinski definition) is 4. The lowest BCUT2D eigenvalue weighted by Gasteiger charge is -2.30. The van der Waals surface area contributed by atoms with Gasteiger partial charge in [0.25, 0.3) is 5.91 Å². The third-order valence-electron chi connectivity index (χ3n) is 2.55. The van der Waals surface area contributed by atoms with Crippen LogP contribution in [0.4, 0.5) is 0 Å². The molecule has 1 saturated heterocycles. The number of likely N-dealkylation sites (tertiary alicyclic amines) is 1. The van der Waals surface area contributed by atoms with Crippen molar-refractivity contribution in [1.29, 1.82) is 0 Å². The third kappa shape index (κ3) is 2.30. The summed E-state index contributed by atoms with van der Waals surface area (Å²) in [5.41, 5.74) is 6.35. The van der Waals surface area contributed by atoms with Crippen LogP contribution in [0.5, 0.6) is 0 Å². The Kier molecular flexibility index (Phi) is 2.91. The van der Waals surface area contributed by atoms with Gasteiger partial charge in [-0.05, 0) is 12.8 Å². The topological polar surface area (TPSA) is 72.1 Å². The van der Waals surface area contributed by atoms with Crippen LogP contribution < -0.4 is 5.73 Å². The maximum absolute atomic E-state index is 11.9. The maximum Gasteiger partial charge on any atom is 0.257 e. The first kappa shape index (κ1) is 10.0. The van der Waals surface area contributed by atoms with E-state index < -0.39 is 0 Å². The minimum Gasteiger partial charge on any atom is -0.337 e. The van der Waals surface area contributed by atoms with Gasteiger partial charge >= 0.3 is 0 Å². The van der Waals surface area contributed by atoms with Crippen molar-refractivity contribution in [1.82, 2.24) is 14.9 Å². The Labute approximate surface area is 88.3 Å². The Morgan fingerprint density at radius 2 is 2.20 bits per heavy atom. The van der Waals surface area contributed by atoms with E-state index in [9.17, 15) is 4.79 Å². The van der Waals surface area contributed by atoms with Crippen LogP contribution in [0, 0.1) is 0 Å². The van der Waals surface area contributed by atoms with Gasteiger partial charge in [0, 0.05) is 31.5 Å². The second-order valence-electron chi connectivity index (χ2n) is 3.78. The van der Waals surface area contributed by atoms with Crippen molar-refractivity contribution in [3.05, 3.63) is 24.3 Å². The van der Waals surface area contributed by atoms with E-state index in [2.05, 4.69) is 9.97 Å². The zero-order chi connectivity index (χ0) is 10.7. The molecule has 1 atom stereocenters. The molecule has 0 aliphatic carbocycles. The first-order valence-corrected chi connectivity index (χ1v) is 5.07. The summed E-state index contributed by atoms with van der Waals surface area (Å²) in [6, 6.07) is 0.104. The van der Waals surface area contributed by atoms with E-state index in [0.717, 1.165) is 19.4 Å². The van der Waals surface area contributed by atoms with Crippen molar-refractivity contribution >= 4 is 5.91 Å². The molecule has 0 bridgehead atoms. The molecule has 0 aromatic carbocycles. The van der Waals surface area contributed by atoms with Crippen molar-refractivity contribution in [2.45, 2.75) is 18.9 Å². The normalized spacial score (nSPS) is 21.4. The lowest BCUT2D eigenvalue weighted by molar-refractivity contribution is 0.0708. The molecule has 1 aliphatic rings. The second kappa shape index (κ2) is 4.35. The Morgan fingerprint density at radius 1 is 1.47 bits per heavy atom. The molecular formula is C10H14N4O. The average molecular weight is 206 g/mol. The highest BCUT2D eigenvalue weighted by Gasteiger charge is 2.22. The predicted octanol–water partition coefficient (Wildman–Crippen LogP) is 0.0399. The summed E-state index contributed by atoms with van der Waals surface area (Å²) in [4.78, 5) is 21.4. The van der Waals surface area contributed by atoms with Crippen LogP contribution in [-0.4, -0.2) is 39.9 Å². The van der Waals surface area contributed by atoms with E-state index >= 15 is 0 Å². The van der Waals surface area contributed by atoms with Gasteiger partial charge in [0.2, 0.25) is 0 Å². The Hall–Kier alpha value is -1.49. The summed E-state index contributed by atoms with van der Waals surface area (Å²) in [7, 11) is 0. The van der Waals surface area contributed by atoms with Gasteiger partial charge in [-0.15, -0.1) is 0 Å². The van der Waals surface area contributed by atoms with Crippen LogP contribution in [0.2, 0.25) is 0 Å². The monoisotopic (exact) mass is 206 g/mol. The molecule has 15 heavy (non-hydrogen) atoms. The molecule has 0 radical (unpaired) electrons. The predicted molar refractivity (Wildman–Crippen MR) is 55.1 cm³/mol. The highest BCUT2D eigenvalue weighted by atomic mass is 16.2. The summed E-state index contributed by atoms with van der Waals surface area (Å²) in [5.74, 6) is -0.0225. The largest absolute Gasteiger partial charge is 0.337 e. The fourth-order valence-electron chi connectivity index (χ4n) is 1.79. The van der Waals surface area contributed by atoms with E-state index in [1.807, 2.05) is 0 Å². The highest BCUT2D eigenvalue weighted by molar-refractivity contribution is 5.93. The van der Waals surface area contributed by atoms with Crippen molar-refractivity contribution in [2.75, 3.05) is 13.1 Å². The van der Waals surface area contributed by atoms with Crippen LogP contribution in [0.1, 0.15) is 23.2 Å². The molecule has 0 saturated carbocycles. The number of piperidine rings is 1. The summed E-state index contributed by atoms with van der Waals surface area (Å²) >= 11 is 0. The number of nitrogens with two attached hydrogens (primary N) is 1. The molecule has 0 spiro atoms. The standard InChI is InChI=1S/C10H14N4O/c11-9-2-1-3-14(6-9)10(15)8-4-12-7-13-5-8/h4-5,7,9H,1-3,6,11H2/t9-/m1/s1. The molecule has 1 aliphatic heterocycles.